The van der Waals surface area contributed by atoms with Crippen molar-refractivity contribution < 1.29 is 31.4 Å². The normalized spacial score (nSPS) is 12.6. The van der Waals surface area contributed by atoms with Gasteiger partial charge in [-0.05, 0) is 72.5 Å². The van der Waals surface area contributed by atoms with Crippen molar-refractivity contribution in [2.45, 2.75) is 32.5 Å². The molecule has 0 saturated carbocycles. The molecule has 1 unspecified atom stereocenters. The highest BCUT2D eigenvalue weighted by Crippen LogP contribution is 2.35. The number of hydrogen-bond donors (Lipinski definition) is 0. The number of ether oxygens (including phenoxy) is 2. The number of benzene rings is 3. The third-order valence-electron chi connectivity index (χ3n) is 4.92. The quantitative estimate of drug-likeness (QED) is 0.364. The summed E-state index contributed by atoms with van der Waals surface area (Å²) in [5, 5.41) is 0. The van der Waals surface area contributed by atoms with E-state index in [4.69, 9.17) is 9.47 Å². The van der Waals surface area contributed by atoms with Crippen molar-refractivity contribution in [2.75, 3.05) is 6.61 Å². The van der Waals surface area contributed by atoms with E-state index in [0.29, 0.717) is 11.3 Å². The van der Waals surface area contributed by atoms with Crippen LogP contribution in [0.5, 0.6) is 11.5 Å². The molecule has 0 aliphatic heterocycles. The molecule has 0 amide bonds. The van der Waals surface area contributed by atoms with E-state index in [0.717, 1.165) is 35.4 Å². The average Bonchev–Trinajstić information content (AvgIpc) is 2.70. The van der Waals surface area contributed by atoms with Gasteiger partial charge in [-0.15, -0.1) is 0 Å². The molecule has 1 atom stereocenters. The summed E-state index contributed by atoms with van der Waals surface area (Å²) in [6.07, 6.45) is -4.56. The van der Waals surface area contributed by atoms with E-state index < -0.39 is 30.3 Å². The zero-order valence-corrected chi connectivity index (χ0v) is 17.0. The molecule has 0 radical (unpaired) electrons. The fraction of sp³-hybridized carbons (Fsp3) is 0.250. The Hall–Kier alpha value is -2.93. The zero-order chi connectivity index (χ0) is 22.6. The molecule has 164 valence electrons. The van der Waals surface area contributed by atoms with Crippen molar-refractivity contribution in [3.8, 4) is 11.5 Å². The van der Waals surface area contributed by atoms with Crippen LogP contribution in [0.3, 0.4) is 0 Å². The molecule has 0 aromatic heterocycles. The number of aryl methyl sites for hydroxylation is 2. The Balaban J connectivity index is 1.68. The summed E-state index contributed by atoms with van der Waals surface area (Å²) in [5.74, 6) is -2.71. The summed E-state index contributed by atoms with van der Waals surface area (Å²) < 4.78 is 78.3. The summed E-state index contributed by atoms with van der Waals surface area (Å²) >= 11 is 0. The molecule has 0 aliphatic rings. The van der Waals surface area contributed by atoms with Gasteiger partial charge in [0.2, 0.25) is 0 Å². The molecular weight excluding hydrogens is 415 g/mol. The van der Waals surface area contributed by atoms with Crippen LogP contribution in [0.2, 0.25) is 0 Å². The van der Waals surface area contributed by atoms with E-state index in [9.17, 15) is 22.0 Å². The first kappa shape index (κ1) is 22.7. The van der Waals surface area contributed by atoms with Gasteiger partial charge >= 0.3 is 6.18 Å². The lowest BCUT2D eigenvalue weighted by molar-refractivity contribution is -0.163. The molecular formula is C24H21F5O2. The molecule has 0 saturated heterocycles. The van der Waals surface area contributed by atoms with E-state index in [-0.39, 0.29) is 17.9 Å². The lowest BCUT2D eigenvalue weighted by atomic mass is 9.99. The van der Waals surface area contributed by atoms with Crippen molar-refractivity contribution in [1.29, 1.82) is 0 Å². The predicted molar refractivity (Wildman–Crippen MR) is 107 cm³/mol. The van der Waals surface area contributed by atoms with Crippen molar-refractivity contribution in [2.24, 2.45) is 0 Å². The topological polar surface area (TPSA) is 18.5 Å². The van der Waals surface area contributed by atoms with Gasteiger partial charge in [-0.1, -0.05) is 24.3 Å². The molecule has 2 nitrogen and oxygen atoms in total. The van der Waals surface area contributed by atoms with Crippen LogP contribution in [0.4, 0.5) is 22.0 Å². The van der Waals surface area contributed by atoms with Crippen LogP contribution in [-0.4, -0.2) is 12.8 Å². The molecule has 3 aromatic carbocycles. The van der Waals surface area contributed by atoms with Crippen molar-refractivity contribution >= 4 is 0 Å². The number of alkyl halides is 3. The first-order valence-corrected chi connectivity index (χ1v) is 9.57. The SMILES string of the molecule is Cc1ccc(Oc2cc(COCC(c3ccc(F)cc3)C(F)(F)F)ccc2F)cc1C. The Morgan fingerprint density at radius 2 is 1.55 bits per heavy atom. The Morgan fingerprint density at radius 1 is 0.839 bits per heavy atom. The summed E-state index contributed by atoms with van der Waals surface area (Å²) in [4.78, 5) is 0. The van der Waals surface area contributed by atoms with E-state index in [2.05, 4.69) is 0 Å². The van der Waals surface area contributed by atoms with Crippen LogP contribution < -0.4 is 4.74 Å². The second-order valence-corrected chi connectivity index (χ2v) is 7.27. The number of rotatable bonds is 7. The summed E-state index contributed by atoms with van der Waals surface area (Å²) in [6.45, 7) is 3.02. The Morgan fingerprint density at radius 3 is 2.19 bits per heavy atom. The van der Waals surface area contributed by atoms with Crippen LogP contribution in [0, 0.1) is 25.5 Å². The van der Waals surface area contributed by atoms with E-state index in [1.54, 1.807) is 12.1 Å². The highest BCUT2D eigenvalue weighted by Gasteiger charge is 2.40. The lowest BCUT2D eigenvalue weighted by Crippen LogP contribution is -2.25. The maximum Gasteiger partial charge on any atom is 0.397 e. The third kappa shape index (κ3) is 6.04. The fourth-order valence-corrected chi connectivity index (χ4v) is 2.99. The Labute approximate surface area is 177 Å². The van der Waals surface area contributed by atoms with E-state index in [1.807, 2.05) is 19.9 Å². The van der Waals surface area contributed by atoms with Crippen LogP contribution in [-0.2, 0) is 11.3 Å². The Bertz CT molecular complexity index is 1030. The maximum absolute atomic E-state index is 14.2. The van der Waals surface area contributed by atoms with E-state index >= 15 is 0 Å². The third-order valence-corrected chi connectivity index (χ3v) is 4.92. The molecule has 0 N–H and O–H groups in total. The predicted octanol–water partition coefficient (Wildman–Crippen LogP) is 7.24. The van der Waals surface area contributed by atoms with Gasteiger partial charge in [-0.2, -0.15) is 13.2 Å². The smallest absolute Gasteiger partial charge is 0.397 e. The molecule has 0 spiro atoms. The Kier molecular flexibility index (Phi) is 6.95. The van der Waals surface area contributed by atoms with Gasteiger partial charge in [-0.25, -0.2) is 8.78 Å². The highest BCUT2D eigenvalue weighted by molar-refractivity contribution is 5.39. The van der Waals surface area contributed by atoms with Gasteiger partial charge < -0.3 is 9.47 Å². The first-order chi connectivity index (χ1) is 14.6. The van der Waals surface area contributed by atoms with Gasteiger partial charge in [0.15, 0.2) is 11.6 Å². The molecule has 0 aliphatic carbocycles. The summed E-state index contributed by atoms with van der Waals surface area (Å²) in [6, 6.07) is 13.5. The zero-order valence-electron chi connectivity index (χ0n) is 17.0. The molecule has 7 heteroatoms. The van der Waals surface area contributed by atoms with Gasteiger partial charge in [0.1, 0.15) is 17.5 Å². The van der Waals surface area contributed by atoms with Gasteiger partial charge in [0.25, 0.3) is 0 Å². The molecule has 31 heavy (non-hydrogen) atoms. The molecule has 0 fully saturated rings. The first-order valence-electron chi connectivity index (χ1n) is 9.57. The van der Waals surface area contributed by atoms with Crippen LogP contribution in [0.15, 0.2) is 60.7 Å². The second-order valence-electron chi connectivity index (χ2n) is 7.27. The molecule has 0 bridgehead atoms. The monoisotopic (exact) mass is 436 g/mol. The molecule has 0 heterocycles. The average molecular weight is 436 g/mol. The fourth-order valence-electron chi connectivity index (χ4n) is 2.99. The van der Waals surface area contributed by atoms with Crippen LogP contribution in [0.25, 0.3) is 0 Å². The largest absolute Gasteiger partial charge is 0.454 e. The van der Waals surface area contributed by atoms with Crippen molar-refractivity contribution in [3.63, 3.8) is 0 Å². The van der Waals surface area contributed by atoms with Gasteiger partial charge in [-0.3, -0.25) is 0 Å². The second kappa shape index (κ2) is 9.47. The van der Waals surface area contributed by atoms with E-state index in [1.165, 1.54) is 18.2 Å². The number of halogens is 5. The maximum atomic E-state index is 14.2. The summed E-state index contributed by atoms with van der Waals surface area (Å²) in [7, 11) is 0. The van der Waals surface area contributed by atoms with Crippen molar-refractivity contribution in [1.82, 2.24) is 0 Å². The number of hydrogen-bond acceptors (Lipinski definition) is 2. The highest BCUT2D eigenvalue weighted by atomic mass is 19.4. The molecule has 3 rings (SSSR count). The minimum atomic E-state index is -4.56. The van der Waals surface area contributed by atoms with Crippen molar-refractivity contribution in [3.05, 3.63) is 94.6 Å². The minimum Gasteiger partial charge on any atom is -0.454 e. The van der Waals surface area contributed by atoms with Crippen LogP contribution >= 0.6 is 0 Å². The minimum absolute atomic E-state index is 0.0461. The van der Waals surface area contributed by atoms with Gasteiger partial charge in [0, 0.05) is 0 Å². The van der Waals surface area contributed by atoms with Gasteiger partial charge in [0.05, 0.1) is 13.2 Å². The molecule has 3 aromatic rings. The standard InChI is InChI=1S/C24H21F5O2/c1-15-3-9-20(11-16(15)2)31-23-12-17(4-10-22(23)26)13-30-14-21(24(27,28)29)18-5-7-19(25)8-6-18/h3-12,21H,13-14H2,1-2H3. The summed E-state index contributed by atoms with van der Waals surface area (Å²) in [5.41, 5.74) is 2.42. The van der Waals surface area contributed by atoms with Crippen LogP contribution in [0.1, 0.15) is 28.2 Å². The lowest BCUT2D eigenvalue weighted by Gasteiger charge is -2.21.